The van der Waals surface area contributed by atoms with Crippen molar-refractivity contribution in [2.24, 2.45) is 0 Å². The van der Waals surface area contributed by atoms with Gasteiger partial charge in [0.1, 0.15) is 11.6 Å². The number of nitrogens with one attached hydrogen (secondary N) is 3. The summed E-state index contributed by atoms with van der Waals surface area (Å²) in [7, 11) is -3.49. The van der Waals surface area contributed by atoms with Crippen LogP contribution in [0.2, 0.25) is 0 Å². The third kappa shape index (κ3) is 6.98. The van der Waals surface area contributed by atoms with Crippen LogP contribution in [-0.2, 0) is 10.0 Å². The minimum atomic E-state index is -3.49. The van der Waals surface area contributed by atoms with Crippen molar-refractivity contribution < 1.29 is 18.6 Å². The SMILES string of the molecule is CC1(O)CCC(Nc2cc(Nc3ccnc(-c4cnn(S(=O)(=O)C5CC5)c4)n3)ncc2-c2cc(NCCCO)ccn2)CC1. The van der Waals surface area contributed by atoms with Crippen LogP contribution in [0.5, 0.6) is 0 Å². The van der Waals surface area contributed by atoms with Crippen LogP contribution in [0.3, 0.4) is 0 Å². The fourth-order valence-electron chi connectivity index (χ4n) is 5.23. The van der Waals surface area contributed by atoms with Crippen LogP contribution in [-0.4, -0.2) is 77.8 Å². The molecule has 44 heavy (non-hydrogen) atoms. The van der Waals surface area contributed by atoms with Crippen molar-refractivity contribution in [3.63, 3.8) is 0 Å². The molecule has 2 saturated carbocycles. The lowest BCUT2D eigenvalue weighted by Crippen LogP contribution is -2.35. The highest BCUT2D eigenvalue weighted by molar-refractivity contribution is 7.90. The van der Waals surface area contributed by atoms with Crippen LogP contribution in [0.15, 0.2) is 55.2 Å². The van der Waals surface area contributed by atoms with Crippen LogP contribution in [0.4, 0.5) is 23.0 Å². The molecule has 13 nitrogen and oxygen atoms in total. The van der Waals surface area contributed by atoms with Crippen LogP contribution in [0.1, 0.15) is 51.9 Å². The summed E-state index contributed by atoms with van der Waals surface area (Å²) in [5.74, 6) is 1.38. The Balaban J connectivity index is 1.25. The molecular formula is C30H37N9O4S. The minimum absolute atomic E-state index is 0.117. The van der Waals surface area contributed by atoms with Gasteiger partial charge in [0, 0.05) is 60.8 Å². The van der Waals surface area contributed by atoms with E-state index in [9.17, 15) is 13.5 Å². The van der Waals surface area contributed by atoms with Gasteiger partial charge >= 0.3 is 0 Å². The quantitative estimate of drug-likeness (QED) is 0.145. The first-order chi connectivity index (χ1) is 21.2. The number of nitrogens with zero attached hydrogens (tertiary/aromatic N) is 6. The number of rotatable bonds is 12. The molecule has 2 aliphatic rings. The molecule has 4 aromatic heterocycles. The molecule has 2 aliphatic carbocycles. The van der Waals surface area contributed by atoms with E-state index in [0.29, 0.717) is 61.7 Å². The maximum atomic E-state index is 12.6. The van der Waals surface area contributed by atoms with E-state index in [1.54, 1.807) is 24.7 Å². The molecule has 0 unspecified atom stereocenters. The Kier molecular flexibility index (Phi) is 8.47. The zero-order valence-electron chi connectivity index (χ0n) is 24.5. The third-order valence-electron chi connectivity index (χ3n) is 7.96. The average Bonchev–Trinajstić information content (AvgIpc) is 3.76. The van der Waals surface area contributed by atoms with E-state index >= 15 is 0 Å². The maximum Gasteiger partial charge on any atom is 0.256 e. The van der Waals surface area contributed by atoms with Gasteiger partial charge in [-0.3, -0.25) is 4.98 Å². The van der Waals surface area contributed by atoms with Crippen molar-refractivity contribution >= 4 is 33.0 Å². The summed E-state index contributed by atoms with van der Waals surface area (Å²) in [6.07, 6.45) is 13.0. The van der Waals surface area contributed by atoms with Gasteiger partial charge in [-0.1, -0.05) is 0 Å². The van der Waals surface area contributed by atoms with Crippen LogP contribution in [0.25, 0.3) is 22.6 Å². The maximum absolute atomic E-state index is 12.6. The monoisotopic (exact) mass is 619 g/mol. The highest BCUT2D eigenvalue weighted by atomic mass is 32.2. The lowest BCUT2D eigenvalue weighted by atomic mass is 9.83. The van der Waals surface area contributed by atoms with Crippen LogP contribution in [0, 0.1) is 0 Å². The molecular weight excluding hydrogens is 582 g/mol. The standard InChI is InChI=1S/C30H37N9O4S/c1-30(41)9-5-21(6-10-30)36-26-16-28(34-18-24(26)25-15-22(7-12-32-25)31-11-2-14-40)37-27-8-13-33-29(38-27)20-17-35-39(19-20)44(42,43)23-3-4-23/h7-8,12-13,15-19,21,23,40-41H,2-6,9-11,14H2,1H3,(H,31,32)(H2,33,34,36,37,38). The molecule has 2 fully saturated rings. The fourth-order valence-corrected chi connectivity index (χ4v) is 6.70. The normalized spacial score (nSPS) is 20.3. The number of hydrogen-bond donors (Lipinski definition) is 5. The van der Waals surface area contributed by atoms with Gasteiger partial charge in [-0.15, -0.1) is 0 Å². The molecule has 0 radical (unpaired) electrons. The van der Waals surface area contributed by atoms with Crippen molar-refractivity contribution in [2.75, 3.05) is 29.1 Å². The summed E-state index contributed by atoms with van der Waals surface area (Å²) in [6.45, 7) is 2.65. The van der Waals surface area contributed by atoms with Crippen molar-refractivity contribution in [1.29, 1.82) is 0 Å². The predicted octanol–water partition coefficient (Wildman–Crippen LogP) is 3.78. The number of aliphatic hydroxyl groups is 2. The Morgan fingerprint density at radius 3 is 2.59 bits per heavy atom. The predicted molar refractivity (Wildman–Crippen MR) is 168 cm³/mol. The number of aliphatic hydroxyl groups excluding tert-OH is 1. The second kappa shape index (κ2) is 12.5. The van der Waals surface area contributed by atoms with Crippen molar-refractivity contribution in [2.45, 2.75) is 68.8 Å². The van der Waals surface area contributed by atoms with Gasteiger partial charge in [0.05, 0.1) is 34.5 Å². The van der Waals surface area contributed by atoms with E-state index < -0.39 is 15.6 Å². The minimum Gasteiger partial charge on any atom is -0.396 e. The second-order valence-corrected chi connectivity index (χ2v) is 13.8. The van der Waals surface area contributed by atoms with E-state index in [-0.39, 0.29) is 17.9 Å². The smallest absolute Gasteiger partial charge is 0.256 e. The van der Waals surface area contributed by atoms with Gasteiger partial charge in [-0.25, -0.2) is 23.4 Å². The summed E-state index contributed by atoms with van der Waals surface area (Å²) in [5, 5.41) is 33.5. The molecule has 0 atom stereocenters. The Morgan fingerprint density at radius 1 is 1.02 bits per heavy atom. The summed E-state index contributed by atoms with van der Waals surface area (Å²) in [4.78, 5) is 18.2. The summed E-state index contributed by atoms with van der Waals surface area (Å²) < 4.78 is 26.1. The highest BCUT2D eigenvalue weighted by Crippen LogP contribution is 2.35. The van der Waals surface area contributed by atoms with Gasteiger partial charge in [-0.2, -0.15) is 9.19 Å². The Labute approximate surface area is 256 Å². The number of hydrogen-bond acceptors (Lipinski definition) is 12. The first-order valence-electron chi connectivity index (χ1n) is 14.9. The zero-order chi connectivity index (χ0) is 30.7. The Hall–Kier alpha value is -4.14. The summed E-state index contributed by atoms with van der Waals surface area (Å²) in [6, 6.07) is 7.64. The van der Waals surface area contributed by atoms with Gasteiger partial charge < -0.3 is 26.2 Å². The first kappa shape index (κ1) is 29.9. The van der Waals surface area contributed by atoms with Gasteiger partial charge in [-0.05, 0) is 70.1 Å². The molecule has 4 heterocycles. The zero-order valence-corrected chi connectivity index (χ0v) is 25.3. The molecule has 0 aromatic carbocycles. The van der Waals surface area contributed by atoms with Gasteiger partial charge in [0.25, 0.3) is 10.0 Å². The lowest BCUT2D eigenvalue weighted by Gasteiger charge is -2.34. The first-order valence-corrected chi connectivity index (χ1v) is 16.4. The largest absolute Gasteiger partial charge is 0.396 e. The van der Waals surface area contributed by atoms with E-state index in [4.69, 9.17) is 5.11 Å². The lowest BCUT2D eigenvalue weighted by molar-refractivity contribution is 0.0196. The van der Waals surface area contributed by atoms with Crippen LogP contribution >= 0.6 is 0 Å². The molecule has 0 bridgehead atoms. The molecule has 4 aromatic rings. The molecule has 14 heteroatoms. The van der Waals surface area contributed by atoms with Gasteiger partial charge in [0.15, 0.2) is 5.82 Å². The molecule has 0 aliphatic heterocycles. The third-order valence-corrected chi connectivity index (χ3v) is 10.00. The van der Waals surface area contributed by atoms with E-state index in [0.717, 1.165) is 39.6 Å². The molecule has 5 N–H and O–H groups in total. The molecule has 0 amide bonds. The van der Waals surface area contributed by atoms with E-state index in [2.05, 4.69) is 41.0 Å². The summed E-state index contributed by atoms with van der Waals surface area (Å²) >= 11 is 0. The fraction of sp³-hybridized carbons (Fsp3) is 0.433. The second-order valence-electron chi connectivity index (χ2n) is 11.7. The average molecular weight is 620 g/mol. The number of aromatic nitrogens is 6. The molecule has 232 valence electrons. The van der Waals surface area contributed by atoms with Crippen molar-refractivity contribution in [3.8, 4) is 22.6 Å². The molecule has 0 spiro atoms. The van der Waals surface area contributed by atoms with Crippen molar-refractivity contribution in [3.05, 3.63) is 55.2 Å². The Bertz CT molecular complexity index is 1710. The van der Waals surface area contributed by atoms with Crippen molar-refractivity contribution in [1.82, 2.24) is 29.1 Å². The molecule has 0 saturated heterocycles. The van der Waals surface area contributed by atoms with Gasteiger partial charge in [0.2, 0.25) is 0 Å². The van der Waals surface area contributed by atoms with E-state index in [1.165, 1.54) is 12.4 Å². The topological polar surface area (TPSA) is 180 Å². The summed E-state index contributed by atoms with van der Waals surface area (Å²) in [5.41, 5.74) is 3.15. The number of pyridine rings is 2. The van der Waals surface area contributed by atoms with Crippen LogP contribution < -0.4 is 16.0 Å². The Morgan fingerprint density at radius 2 is 1.82 bits per heavy atom. The molecule has 6 rings (SSSR count). The number of anilines is 4. The highest BCUT2D eigenvalue weighted by Gasteiger charge is 2.37. The van der Waals surface area contributed by atoms with E-state index in [1.807, 2.05) is 25.1 Å².